The Balaban J connectivity index is 2.32. The molecule has 0 aromatic heterocycles. The molecule has 7 heteroatoms. The van der Waals surface area contributed by atoms with E-state index >= 15 is 0 Å². The summed E-state index contributed by atoms with van der Waals surface area (Å²) in [6.45, 7) is 4.47. The number of methoxy groups -OCH3 is 1. The molecule has 0 atom stereocenters. The molecule has 2 rings (SSSR count). The maximum atomic E-state index is 11.7. The molecule has 0 bridgehead atoms. The van der Waals surface area contributed by atoms with E-state index in [1.54, 1.807) is 18.2 Å². The van der Waals surface area contributed by atoms with E-state index < -0.39 is 6.09 Å². The van der Waals surface area contributed by atoms with Crippen LogP contribution in [0.25, 0.3) is 0 Å². The summed E-state index contributed by atoms with van der Waals surface area (Å²) in [5.41, 5.74) is 1.96. The van der Waals surface area contributed by atoms with Gasteiger partial charge in [0, 0.05) is 0 Å². The van der Waals surface area contributed by atoms with Gasteiger partial charge in [-0.2, -0.15) is 5.06 Å². The molecule has 140 valence electrons. The van der Waals surface area contributed by atoms with Gasteiger partial charge in [0.25, 0.3) is 0 Å². The van der Waals surface area contributed by atoms with Crippen LogP contribution in [-0.4, -0.2) is 25.0 Å². The van der Waals surface area contributed by atoms with Crippen LogP contribution in [0.1, 0.15) is 25.0 Å². The van der Waals surface area contributed by atoms with Gasteiger partial charge in [-0.3, -0.25) is 5.21 Å². The lowest BCUT2D eigenvalue weighted by Gasteiger charge is -2.20. The number of aryl methyl sites for hydroxylation is 1. The molecule has 0 spiro atoms. The highest BCUT2D eigenvalue weighted by atomic mass is 79.9. The minimum Gasteiger partial charge on any atom is -0.493 e. The van der Waals surface area contributed by atoms with Gasteiger partial charge < -0.3 is 14.2 Å². The third-order valence-electron chi connectivity index (χ3n) is 3.76. The largest absolute Gasteiger partial charge is 0.493 e. The molecule has 1 N–H and O–H groups in total. The van der Waals surface area contributed by atoms with Crippen LogP contribution in [0.3, 0.4) is 0 Å². The third-order valence-corrected chi connectivity index (χ3v) is 4.38. The van der Waals surface area contributed by atoms with Crippen molar-refractivity contribution in [2.45, 2.75) is 26.9 Å². The summed E-state index contributed by atoms with van der Waals surface area (Å²) >= 11 is 3.50. The van der Waals surface area contributed by atoms with E-state index in [2.05, 4.69) is 27.6 Å². The van der Waals surface area contributed by atoms with E-state index in [0.29, 0.717) is 28.7 Å². The van der Waals surface area contributed by atoms with Gasteiger partial charge in [-0.05, 0) is 59.1 Å². The quantitative estimate of drug-likeness (QED) is 0.503. The SMILES string of the molecule is CCOc1cccc(N(O)C(=O)OC)c1COc1ccc(CC)cc1Br. The summed E-state index contributed by atoms with van der Waals surface area (Å²) in [4.78, 5) is 11.7. The van der Waals surface area contributed by atoms with Gasteiger partial charge in [0.2, 0.25) is 0 Å². The number of rotatable bonds is 7. The van der Waals surface area contributed by atoms with Crippen LogP contribution in [0.15, 0.2) is 40.9 Å². The molecule has 0 fully saturated rings. The second kappa shape index (κ2) is 9.45. The molecule has 6 nitrogen and oxygen atoms in total. The monoisotopic (exact) mass is 423 g/mol. The summed E-state index contributed by atoms with van der Waals surface area (Å²) in [6.07, 6.45) is 0.0304. The second-order valence-corrected chi connectivity index (χ2v) is 6.23. The number of hydrogen-bond acceptors (Lipinski definition) is 5. The lowest BCUT2D eigenvalue weighted by molar-refractivity contribution is 0.140. The Labute approximate surface area is 161 Å². The first kappa shape index (κ1) is 20.1. The van der Waals surface area contributed by atoms with Crippen LogP contribution in [-0.2, 0) is 17.8 Å². The minimum atomic E-state index is -0.895. The standard InChI is InChI=1S/C19H22BrNO5/c1-4-13-9-10-18(15(20)11-13)26-12-14-16(21(23)19(22)24-3)7-6-8-17(14)25-5-2/h6-11,23H,4-5,12H2,1-3H3. The number of anilines is 1. The van der Waals surface area contributed by atoms with Crippen molar-refractivity contribution in [1.29, 1.82) is 0 Å². The van der Waals surface area contributed by atoms with Crippen LogP contribution in [0.2, 0.25) is 0 Å². The van der Waals surface area contributed by atoms with Crippen LogP contribution in [0.5, 0.6) is 11.5 Å². The van der Waals surface area contributed by atoms with Gasteiger partial charge in [-0.1, -0.05) is 19.1 Å². The van der Waals surface area contributed by atoms with Crippen LogP contribution < -0.4 is 14.5 Å². The maximum absolute atomic E-state index is 11.7. The summed E-state index contributed by atoms with van der Waals surface area (Å²) in [5.74, 6) is 1.18. The minimum absolute atomic E-state index is 0.101. The number of ether oxygens (including phenoxy) is 3. The molecule has 26 heavy (non-hydrogen) atoms. The first-order chi connectivity index (χ1) is 12.5. The highest BCUT2D eigenvalue weighted by molar-refractivity contribution is 9.10. The Bertz CT molecular complexity index is 766. The number of hydrogen-bond donors (Lipinski definition) is 1. The predicted molar refractivity (Wildman–Crippen MR) is 102 cm³/mol. The van der Waals surface area contributed by atoms with E-state index in [1.165, 1.54) is 12.7 Å². The first-order valence-corrected chi connectivity index (χ1v) is 9.03. The highest BCUT2D eigenvalue weighted by Crippen LogP contribution is 2.33. The molecule has 0 unspecified atom stereocenters. The molecule has 0 aliphatic rings. The lowest BCUT2D eigenvalue weighted by Crippen LogP contribution is -2.28. The molecule has 0 saturated carbocycles. The molecule has 0 aliphatic heterocycles. The van der Waals surface area contributed by atoms with Gasteiger partial charge in [0.15, 0.2) is 0 Å². The fourth-order valence-corrected chi connectivity index (χ4v) is 2.95. The topological polar surface area (TPSA) is 68.2 Å². The average Bonchev–Trinajstić information content (AvgIpc) is 2.66. The zero-order chi connectivity index (χ0) is 19.1. The molecule has 0 radical (unpaired) electrons. The van der Waals surface area contributed by atoms with Crippen molar-refractivity contribution in [3.8, 4) is 11.5 Å². The fourth-order valence-electron chi connectivity index (χ4n) is 2.40. The van der Waals surface area contributed by atoms with E-state index in [1.807, 2.05) is 25.1 Å². The summed E-state index contributed by atoms with van der Waals surface area (Å²) in [7, 11) is 1.19. The zero-order valence-electron chi connectivity index (χ0n) is 15.0. The third kappa shape index (κ3) is 4.68. The number of benzene rings is 2. The Kier molecular flexibility index (Phi) is 7.29. The molecule has 0 aliphatic carbocycles. The summed E-state index contributed by atoms with van der Waals surface area (Å²) < 4.78 is 16.9. The number of nitrogens with zero attached hydrogens (tertiary/aromatic N) is 1. The molecule has 1 amide bonds. The maximum Gasteiger partial charge on any atom is 0.438 e. The Hall–Kier alpha value is -2.25. The van der Waals surface area contributed by atoms with Crippen molar-refractivity contribution < 1.29 is 24.2 Å². The van der Waals surface area contributed by atoms with Gasteiger partial charge in [-0.15, -0.1) is 0 Å². The second-order valence-electron chi connectivity index (χ2n) is 5.38. The van der Waals surface area contributed by atoms with Gasteiger partial charge >= 0.3 is 6.09 Å². The fraction of sp³-hybridized carbons (Fsp3) is 0.316. The van der Waals surface area contributed by atoms with Crippen molar-refractivity contribution in [2.24, 2.45) is 0 Å². The highest BCUT2D eigenvalue weighted by Gasteiger charge is 2.21. The molecule has 0 heterocycles. The summed E-state index contributed by atoms with van der Waals surface area (Å²) in [6, 6.07) is 10.9. The average molecular weight is 424 g/mol. The van der Waals surface area contributed by atoms with Crippen LogP contribution in [0, 0.1) is 0 Å². The Morgan fingerprint density at radius 3 is 2.54 bits per heavy atom. The van der Waals surface area contributed by atoms with Crippen molar-refractivity contribution in [3.05, 3.63) is 52.0 Å². The Morgan fingerprint density at radius 1 is 1.15 bits per heavy atom. The van der Waals surface area contributed by atoms with E-state index in [9.17, 15) is 10.0 Å². The molecular formula is C19H22BrNO5. The van der Waals surface area contributed by atoms with Gasteiger partial charge in [0.1, 0.15) is 18.1 Å². The number of halogens is 1. The molecular weight excluding hydrogens is 402 g/mol. The molecule has 0 saturated heterocycles. The lowest BCUT2D eigenvalue weighted by atomic mass is 10.1. The number of amides is 1. The first-order valence-electron chi connectivity index (χ1n) is 8.24. The number of carbonyl (C=O) groups is 1. The number of hydroxylamine groups is 1. The van der Waals surface area contributed by atoms with Crippen molar-refractivity contribution >= 4 is 27.7 Å². The van der Waals surface area contributed by atoms with Crippen LogP contribution in [0.4, 0.5) is 10.5 Å². The Morgan fingerprint density at radius 2 is 1.92 bits per heavy atom. The summed E-state index contributed by atoms with van der Waals surface area (Å²) in [5, 5.41) is 10.6. The molecule has 2 aromatic carbocycles. The van der Waals surface area contributed by atoms with Crippen molar-refractivity contribution in [3.63, 3.8) is 0 Å². The normalized spacial score (nSPS) is 10.3. The van der Waals surface area contributed by atoms with Gasteiger partial charge in [-0.25, -0.2) is 4.79 Å². The zero-order valence-corrected chi connectivity index (χ0v) is 16.6. The van der Waals surface area contributed by atoms with E-state index in [4.69, 9.17) is 9.47 Å². The van der Waals surface area contributed by atoms with Gasteiger partial charge in [0.05, 0.1) is 29.4 Å². The molecule has 2 aromatic rings. The van der Waals surface area contributed by atoms with E-state index in [0.717, 1.165) is 10.9 Å². The smallest absolute Gasteiger partial charge is 0.438 e. The van der Waals surface area contributed by atoms with Crippen molar-refractivity contribution in [1.82, 2.24) is 0 Å². The predicted octanol–water partition coefficient (Wildman–Crippen LogP) is 4.95. The van der Waals surface area contributed by atoms with Crippen molar-refractivity contribution in [2.75, 3.05) is 18.8 Å². The van der Waals surface area contributed by atoms with Crippen LogP contribution >= 0.6 is 15.9 Å². The van der Waals surface area contributed by atoms with E-state index in [-0.39, 0.29) is 12.3 Å². The number of carbonyl (C=O) groups excluding carboxylic acids is 1.